The second kappa shape index (κ2) is 6.80. The summed E-state index contributed by atoms with van der Waals surface area (Å²) >= 11 is 0. The molecule has 0 saturated carbocycles. The van der Waals surface area contributed by atoms with Gasteiger partial charge in [-0.3, -0.25) is 4.40 Å². The van der Waals surface area contributed by atoms with E-state index in [1.807, 2.05) is 34.9 Å². The van der Waals surface area contributed by atoms with Crippen LogP contribution in [0.2, 0.25) is 0 Å². The van der Waals surface area contributed by atoms with Gasteiger partial charge in [-0.25, -0.2) is 4.98 Å². The van der Waals surface area contributed by atoms with Crippen LogP contribution in [0.15, 0.2) is 71.0 Å². The summed E-state index contributed by atoms with van der Waals surface area (Å²) < 4.78 is 2.00. The zero-order valence-corrected chi connectivity index (χ0v) is 16.1. The molecule has 0 fully saturated rings. The van der Waals surface area contributed by atoms with Crippen LogP contribution in [0, 0.1) is 27.7 Å². The van der Waals surface area contributed by atoms with E-state index in [1.165, 1.54) is 22.3 Å². The number of aromatic nitrogens is 2. The van der Waals surface area contributed by atoms with Crippen molar-refractivity contribution in [3.8, 4) is 11.3 Å². The lowest BCUT2D eigenvalue weighted by Gasteiger charge is -2.05. The highest BCUT2D eigenvalue weighted by Gasteiger charge is 2.16. The first-order chi connectivity index (χ1) is 13.0. The molecule has 4 aromatic rings. The standard InChI is InChI=1S/C23H22N4/c1-15-6-9-19(10-7-15)25-26-23-22(20-13-16(2)5-8-18(20)4)24-21-14-17(3)11-12-27(21)23/h5-14H,1-4H3. The van der Waals surface area contributed by atoms with Gasteiger partial charge in [0, 0.05) is 11.8 Å². The van der Waals surface area contributed by atoms with Crippen LogP contribution in [0.1, 0.15) is 22.3 Å². The molecule has 0 aliphatic carbocycles. The summed E-state index contributed by atoms with van der Waals surface area (Å²) in [7, 11) is 0. The minimum absolute atomic E-state index is 0.749. The normalized spacial score (nSPS) is 11.6. The van der Waals surface area contributed by atoms with Gasteiger partial charge in [-0.1, -0.05) is 35.4 Å². The van der Waals surface area contributed by atoms with Gasteiger partial charge in [0.1, 0.15) is 11.3 Å². The van der Waals surface area contributed by atoms with Crippen LogP contribution in [0.4, 0.5) is 11.5 Å². The maximum Gasteiger partial charge on any atom is 0.187 e. The molecule has 4 rings (SSSR count). The Labute approximate surface area is 159 Å². The fourth-order valence-corrected chi connectivity index (χ4v) is 3.12. The van der Waals surface area contributed by atoms with Crippen molar-refractivity contribution in [2.75, 3.05) is 0 Å². The van der Waals surface area contributed by atoms with E-state index in [-0.39, 0.29) is 0 Å². The fourth-order valence-electron chi connectivity index (χ4n) is 3.12. The molecule has 0 atom stereocenters. The first kappa shape index (κ1) is 17.2. The van der Waals surface area contributed by atoms with Crippen molar-refractivity contribution in [2.45, 2.75) is 27.7 Å². The zero-order chi connectivity index (χ0) is 19.0. The van der Waals surface area contributed by atoms with Gasteiger partial charge in [0.15, 0.2) is 5.82 Å². The monoisotopic (exact) mass is 354 g/mol. The number of benzene rings is 2. The molecule has 0 bridgehead atoms. The summed E-state index contributed by atoms with van der Waals surface area (Å²) in [6.45, 7) is 8.33. The number of aryl methyl sites for hydroxylation is 4. The van der Waals surface area contributed by atoms with E-state index in [0.29, 0.717) is 0 Å². The minimum Gasteiger partial charge on any atom is -0.283 e. The third kappa shape index (κ3) is 3.38. The molecule has 0 N–H and O–H groups in total. The first-order valence-electron chi connectivity index (χ1n) is 9.06. The molecule has 0 aliphatic rings. The summed E-state index contributed by atoms with van der Waals surface area (Å²) in [5.41, 5.74) is 8.40. The number of nitrogens with zero attached hydrogens (tertiary/aromatic N) is 4. The smallest absolute Gasteiger partial charge is 0.187 e. The van der Waals surface area contributed by atoms with Crippen molar-refractivity contribution in [3.63, 3.8) is 0 Å². The third-order valence-electron chi connectivity index (χ3n) is 4.70. The first-order valence-corrected chi connectivity index (χ1v) is 9.06. The van der Waals surface area contributed by atoms with Crippen LogP contribution in [-0.4, -0.2) is 9.38 Å². The van der Waals surface area contributed by atoms with Gasteiger partial charge in [-0.2, -0.15) is 0 Å². The van der Waals surface area contributed by atoms with E-state index in [1.54, 1.807) is 0 Å². The topological polar surface area (TPSA) is 42.0 Å². The minimum atomic E-state index is 0.749. The Kier molecular flexibility index (Phi) is 4.32. The highest BCUT2D eigenvalue weighted by atomic mass is 15.2. The maximum absolute atomic E-state index is 4.88. The highest BCUT2D eigenvalue weighted by Crippen LogP contribution is 2.34. The highest BCUT2D eigenvalue weighted by molar-refractivity contribution is 5.77. The molecule has 2 heterocycles. The van der Waals surface area contributed by atoms with Crippen LogP contribution in [-0.2, 0) is 0 Å². The quantitative estimate of drug-likeness (QED) is 0.380. The van der Waals surface area contributed by atoms with Crippen LogP contribution in [0.25, 0.3) is 16.9 Å². The van der Waals surface area contributed by atoms with Crippen molar-refractivity contribution < 1.29 is 0 Å². The molecule has 0 saturated heterocycles. The van der Waals surface area contributed by atoms with Gasteiger partial charge in [-0.05, 0) is 69.2 Å². The summed E-state index contributed by atoms with van der Waals surface area (Å²) in [6, 6.07) is 18.6. The molecule has 4 heteroatoms. The van der Waals surface area contributed by atoms with Crippen molar-refractivity contribution in [2.24, 2.45) is 10.2 Å². The van der Waals surface area contributed by atoms with Crippen LogP contribution >= 0.6 is 0 Å². The van der Waals surface area contributed by atoms with Gasteiger partial charge in [0.25, 0.3) is 0 Å². The predicted octanol–water partition coefficient (Wildman–Crippen LogP) is 6.65. The van der Waals surface area contributed by atoms with Crippen LogP contribution in [0.3, 0.4) is 0 Å². The second-order valence-corrected chi connectivity index (χ2v) is 7.07. The van der Waals surface area contributed by atoms with E-state index in [2.05, 4.69) is 68.3 Å². The fraction of sp³-hybridized carbons (Fsp3) is 0.174. The number of rotatable bonds is 3. The molecule has 0 radical (unpaired) electrons. The Morgan fingerprint density at radius 1 is 0.741 bits per heavy atom. The van der Waals surface area contributed by atoms with Gasteiger partial charge >= 0.3 is 0 Å². The molecule has 4 nitrogen and oxygen atoms in total. The largest absolute Gasteiger partial charge is 0.283 e. The zero-order valence-electron chi connectivity index (χ0n) is 16.1. The second-order valence-electron chi connectivity index (χ2n) is 7.07. The molecule has 134 valence electrons. The lowest BCUT2D eigenvalue weighted by Crippen LogP contribution is -1.86. The van der Waals surface area contributed by atoms with Gasteiger partial charge in [0.05, 0.1) is 5.69 Å². The van der Waals surface area contributed by atoms with Gasteiger partial charge in [0.2, 0.25) is 0 Å². The molecule has 2 aromatic heterocycles. The van der Waals surface area contributed by atoms with E-state index in [9.17, 15) is 0 Å². The Morgan fingerprint density at radius 2 is 1.44 bits per heavy atom. The van der Waals surface area contributed by atoms with Crippen molar-refractivity contribution in [1.82, 2.24) is 9.38 Å². The molecular weight excluding hydrogens is 332 g/mol. The summed E-state index contributed by atoms with van der Waals surface area (Å²) in [6.07, 6.45) is 2.01. The van der Waals surface area contributed by atoms with Crippen LogP contribution < -0.4 is 0 Å². The average molecular weight is 354 g/mol. The van der Waals surface area contributed by atoms with E-state index in [4.69, 9.17) is 4.98 Å². The van der Waals surface area contributed by atoms with Crippen molar-refractivity contribution >= 4 is 17.2 Å². The number of hydrogen-bond acceptors (Lipinski definition) is 3. The summed E-state index contributed by atoms with van der Waals surface area (Å²) in [4.78, 5) is 4.88. The molecule has 2 aromatic carbocycles. The van der Waals surface area contributed by atoms with Gasteiger partial charge in [-0.15, -0.1) is 10.2 Å². The Bertz CT molecular complexity index is 1150. The number of hydrogen-bond donors (Lipinski definition) is 0. The lowest BCUT2D eigenvalue weighted by molar-refractivity contribution is 1.10. The molecule has 0 unspecified atom stereocenters. The van der Waals surface area contributed by atoms with Crippen molar-refractivity contribution in [3.05, 3.63) is 83.0 Å². The van der Waals surface area contributed by atoms with E-state index < -0.39 is 0 Å². The summed E-state index contributed by atoms with van der Waals surface area (Å²) in [5.74, 6) is 0.749. The number of pyridine rings is 1. The molecule has 0 amide bonds. The summed E-state index contributed by atoms with van der Waals surface area (Å²) in [5, 5.41) is 9.06. The molecular formula is C23H22N4. The Balaban J connectivity index is 1.91. The van der Waals surface area contributed by atoms with E-state index >= 15 is 0 Å². The molecule has 27 heavy (non-hydrogen) atoms. The predicted molar refractivity (Wildman–Crippen MR) is 110 cm³/mol. The van der Waals surface area contributed by atoms with Gasteiger partial charge < -0.3 is 0 Å². The Hall–Kier alpha value is -3.27. The SMILES string of the molecule is Cc1ccc(N=Nc2c(-c3cc(C)ccc3C)nc3cc(C)ccn23)cc1. The lowest BCUT2D eigenvalue weighted by atomic mass is 10.0. The average Bonchev–Trinajstić information content (AvgIpc) is 3.00. The Morgan fingerprint density at radius 3 is 2.22 bits per heavy atom. The van der Waals surface area contributed by atoms with Crippen molar-refractivity contribution in [1.29, 1.82) is 0 Å². The maximum atomic E-state index is 4.88. The third-order valence-corrected chi connectivity index (χ3v) is 4.70. The number of fused-ring (bicyclic) bond motifs is 1. The number of imidazole rings is 1. The molecule has 0 spiro atoms. The van der Waals surface area contributed by atoms with E-state index in [0.717, 1.165) is 28.4 Å². The molecule has 0 aliphatic heterocycles. The van der Waals surface area contributed by atoms with Crippen LogP contribution in [0.5, 0.6) is 0 Å². The number of azo groups is 1.